The van der Waals surface area contributed by atoms with Crippen molar-refractivity contribution in [2.75, 3.05) is 18.8 Å². The van der Waals surface area contributed by atoms with Gasteiger partial charge in [-0.05, 0) is 25.1 Å². The second-order valence-corrected chi connectivity index (χ2v) is 3.26. The number of halogens is 1. The summed E-state index contributed by atoms with van der Waals surface area (Å²) in [5.41, 5.74) is 6.02. The average Bonchev–Trinajstić information content (AvgIpc) is 2.28. The molecule has 4 heteroatoms. The molecule has 2 N–H and O–H groups in total. The molecule has 0 fully saturated rings. The summed E-state index contributed by atoms with van der Waals surface area (Å²) in [7, 11) is 0. The van der Waals surface area contributed by atoms with E-state index in [1.807, 2.05) is 0 Å². The van der Waals surface area contributed by atoms with Gasteiger partial charge in [-0.1, -0.05) is 5.92 Å². The number of nitrogens with zero attached hydrogens (tertiary/aromatic N) is 1. The molecule has 3 nitrogen and oxygen atoms in total. The van der Waals surface area contributed by atoms with Gasteiger partial charge in [0.1, 0.15) is 5.82 Å². The molecule has 16 heavy (non-hydrogen) atoms. The van der Waals surface area contributed by atoms with Crippen LogP contribution in [-0.4, -0.2) is 23.9 Å². The number of hydrogen-bond donors (Lipinski definition) is 1. The van der Waals surface area contributed by atoms with Crippen LogP contribution < -0.4 is 5.73 Å². The lowest BCUT2D eigenvalue weighted by Gasteiger charge is -2.18. The van der Waals surface area contributed by atoms with Gasteiger partial charge in [-0.25, -0.2) is 4.39 Å². The van der Waals surface area contributed by atoms with E-state index in [1.165, 1.54) is 17.0 Å². The molecule has 1 aromatic carbocycles. The Labute approximate surface area is 94.0 Å². The maximum atomic E-state index is 13.0. The first-order chi connectivity index (χ1) is 7.60. The Bertz CT molecular complexity index is 437. The van der Waals surface area contributed by atoms with Crippen LogP contribution in [0.15, 0.2) is 18.2 Å². The van der Waals surface area contributed by atoms with Crippen molar-refractivity contribution in [3.05, 3.63) is 29.6 Å². The van der Waals surface area contributed by atoms with E-state index in [-0.39, 0.29) is 23.7 Å². The van der Waals surface area contributed by atoms with E-state index in [2.05, 4.69) is 5.92 Å². The van der Waals surface area contributed by atoms with Crippen LogP contribution in [0.2, 0.25) is 0 Å². The average molecular weight is 220 g/mol. The number of nitrogens with two attached hydrogens (primary N) is 1. The molecular weight excluding hydrogens is 207 g/mol. The van der Waals surface area contributed by atoms with Crippen molar-refractivity contribution in [1.82, 2.24) is 4.90 Å². The van der Waals surface area contributed by atoms with Gasteiger partial charge in [-0.2, -0.15) is 0 Å². The zero-order valence-corrected chi connectivity index (χ0v) is 9.03. The molecule has 0 aromatic heterocycles. The molecule has 0 saturated heterocycles. The van der Waals surface area contributed by atoms with Crippen molar-refractivity contribution in [2.24, 2.45) is 0 Å². The number of amides is 1. The zero-order chi connectivity index (χ0) is 12.1. The Morgan fingerprint density at radius 1 is 1.62 bits per heavy atom. The van der Waals surface area contributed by atoms with E-state index in [1.54, 1.807) is 6.92 Å². The normalized spacial score (nSPS) is 9.56. The first kappa shape index (κ1) is 12.1. The largest absolute Gasteiger partial charge is 0.398 e. The minimum atomic E-state index is -0.491. The lowest BCUT2D eigenvalue weighted by molar-refractivity contribution is 0.0785. The fourth-order valence-corrected chi connectivity index (χ4v) is 1.32. The standard InChI is InChI=1S/C12H13FN2O/c1-3-7-15(4-2)12(16)10-8-9(13)5-6-11(10)14/h1,5-6,8H,4,7,14H2,2H3. The van der Waals surface area contributed by atoms with Gasteiger partial charge < -0.3 is 10.6 Å². The van der Waals surface area contributed by atoms with E-state index in [4.69, 9.17) is 12.2 Å². The topological polar surface area (TPSA) is 46.3 Å². The van der Waals surface area contributed by atoms with Crippen LogP contribution in [0.4, 0.5) is 10.1 Å². The third kappa shape index (κ3) is 2.51. The highest BCUT2D eigenvalue weighted by Gasteiger charge is 2.16. The second-order valence-electron chi connectivity index (χ2n) is 3.26. The molecule has 84 valence electrons. The molecule has 0 radical (unpaired) electrons. The van der Waals surface area contributed by atoms with Crippen molar-refractivity contribution in [1.29, 1.82) is 0 Å². The van der Waals surface area contributed by atoms with Gasteiger partial charge in [0.05, 0.1) is 12.1 Å². The molecular formula is C12H13FN2O. The lowest BCUT2D eigenvalue weighted by Crippen LogP contribution is -2.31. The van der Waals surface area contributed by atoms with Crippen molar-refractivity contribution < 1.29 is 9.18 Å². The van der Waals surface area contributed by atoms with Gasteiger partial charge in [-0.3, -0.25) is 4.79 Å². The Kier molecular flexibility index (Phi) is 3.90. The van der Waals surface area contributed by atoms with Gasteiger partial charge in [0.25, 0.3) is 5.91 Å². The summed E-state index contributed by atoms with van der Waals surface area (Å²) >= 11 is 0. The fraction of sp³-hybridized carbons (Fsp3) is 0.250. The Morgan fingerprint density at radius 3 is 2.88 bits per heavy atom. The Morgan fingerprint density at radius 2 is 2.31 bits per heavy atom. The molecule has 0 unspecified atom stereocenters. The number of terminal acetylenes is 1. The minimum absolute atomic E-state index is 0.150. The number of carbonyl (C=O) groups is 1. The van der Waals surface area contributed by atoms with Gasteiger partial charge in [0.15, 0.2) is 0 Å². The minimum Gasteiger partial charge on any atom is -0.398 e. The quantitative estimate of drug-likeness (QED) is 0.620. The molecule has 1 amide bonds. The molecule has 0 aliphatic rings. The predicted octanol–water partition coefficient (Wildman–Crippen LogP) is 1.50. The Balaban J connectivity index is 3.03. The van der Waals surface area contributed by atoms with Gasteiger partial charge in [0, 0.05) is 12.2 Å². The number of benzene rings is 1. The highest BCUT2D eigenvalue weighted by atomic mass is 19.1. The summed E-state index contributed by atoms with van der Waals surface area (Å²) in [4.78, 5) is 13.3. The fourth-order valence-electron chi connectivity index (χ4n) is 1.32. The highest BCUT2D eigenvalue weighted by Crippen LogP contribution is 2.15. The summed E-state index contributed by atoms with van der Waals surface area (Å²) in [6, 6.07) is 3.70. The van der Waals surface area contributed by atoms with Gasteiger partial charge >= 0.3 is 0 Å². The van der Waals surface area contributed by atoms with E-state index in [0.717, 1.165) is 6.07 Å². The molecule has 0 atom stereocenters. The van der Waals surface area contributed by atoms with Crippen molar-refractivity contribution in [2.45, 2.75) is 6.92 Å². The Hall–Kier alpha value is -2.02. The summed E-state index contributed by atoms with van der Waals surface area (Å²) in [6.45, 7) is 2.44. The maximum Gasteiger partial charge on any atom is 0.256 e. The molecule has 0 heterocycles. The molecule has 1 aromatic rings. The van der Waals surface area contributed by atoms with Crippen LogP contribution in [0.3, 0.4) is 0 Å². The van der Waals surface area contributed by atoms with E-state index >= 15 is 0 Å². The zero-order valence-electron chi connectivity index (χ0n) is 9.03. The van der Waals surface area contributed by atoms with Crippen LogP contribution in [-0.2, 0) is 0 Å². The summed E-state index contributed by atoms with van der Waals surface area (Å²) in [5, 5.41) is 0. The molecule has 0 bridgehead atoms. The molecule has 0 spiro atoms. The molecule has 0 aliphatic heterocycles. The third-order valence-corrected chi connectivity index (χ3v) is 2.20. The van der Waals surface area contributed by atoms with Crippen LogP contribution >= 0.6 is 0 Å². The second kappa shape index (κ2) is 5.17. The number of rotatable bonds is 3. The summed E-state index contributed by atoms with van der Waals surface area (Å²) < 4.78 is 13.0. The van der Waals surface area contributed by atoms with Gasteiger partial charge in [-0.15, -0.1) is 6.42 Å². The van der Waals surface area contributed by atoms with E-state index < -0.39 is 5.82 Å². The summed E-state index contributed by atoms with van der Waals surface area (Å²) in [5.74, 6) is 1.53. The predicted molar refractivity (Wildman–Crippen MR) is 61.2 cm³/mol. The molecule has 0 aliphatic carbocycles. The van der Waals surface area contributed by atoms with Crippen LogP contribution in [0, 0.1) is 18.2 Å². The smallest absolute Gasteiger partial charge is 0.256 e. The number of anilines is 1. The van der Waals surface area contributed by atoms with Crippen LogP contribution in [0.1, 0.15) is 17.3 Å². The van der Waals surface area contributed by atoms with Crippen LogP contribution in [0.5, 0.6) is 0 Å². The SMILES string of the molecule is C#CCN(CC)C(=O)c1cc(F)ccc1N. The van der Waals surface area contributed by atoms with Crippen LogP contribution in [0.25, 0.3) is 0 Å². The number of hydrogen-bond acceptors (Lipinski definition) is 2. The highest BCUT2D eigenvalue weighted by molar-refractivity contribution is 5.99. The van der Waals surface area contributed by atoms with Crippen molar-refractivity contribution in [3.63, 3.8) is 0 Å². The van der Waals surface area contributed by atoms with E-state index in [9.17, 15) is 9.18 Å². The van der Waals surface area contributed by atoms with Gasteiger partial charge in [0.2, 0.25) is 0 Å². The summed E-state index contributed by atoms with van der Waals surface area (Å²) in [6.07, 6.45) is 5.14. The molecule has 1 rings (SSSR count). The van der Waals surface area contributed by atoms with Crippen molar-refractivity contribution >= 4 is 11.6 Å². The van der Waals surface area contributed by atoms with E-state index in [0.29, 0.717) is 6.54 Å². The monoisotopic (exact) mass is 220 g/mol. The van der Waals surface area contributed by atoms with Crippen molar-refractivity contribution in [3.8, 4) is 12.3 Å². The first-order valence-electron chi connectivity index (χ1n) is 4.88. The first-order valence-corrected chi connectivity index (χ1v) is 4.88. The number of nitrogen functional groups attached to an aromatic ring is 1. The third-order valence-electron chi connectivity index (χ3n) is 2.20. The lowest BCUT2D eigenvalue weighted by atomic mass is 10.1. The molecule has 0 saturated carbocycles. The maximum absolute atomic E-state index is 13.0. The number of carbonyl (C=O) groups excluding carboxylic acids is 1.